The third-order valence-corrected chi connectivity index (χ3v) is 3.24. The number of hydrogen-bond acceptors (Lipinski definition) is 4. The lowest BCUT2D eigenvalue weighted by molar-refractivity contribution is 0.249. The summed E-state index contributed by atoms with van der Waals surface area (Å²) in [5.74, 6) is 0.987. The molecule has 1 N–H and O–H groups in total. The van der Waals surface area contributed by atoms with Gasteiger partial charge in [-0.2, -0.15) is 5.10 Å². The molecule has 5 nitrogen and oxygen atoms in total. The zero-order valence-electron chi connectivity index (χ0n) is 11.8. The fraction of sp³-hybridized carbons (Fsp3) is 0.500. The number of nitrogens with zero attached hydrogens (tertiary/aromatic N) is 3. The molecule has 0 fully saturated rings. The van der Waals surface area contributed by atoms with Gasteiger partial charge in [0.15, 0.2) is 0 Å². The summed E-state index contributed by atoms with van der Waals surface area (Å²) in [6, 6.07) is 6.24. The van der Waals surface area contributed by atoms with E-state index in [1.54, 1.807) is 6.26 Å². The number of aromatic nitrogens is 2. The van der Waals surface area contributed by atoms with Crippen molar-refractivity contribution in [1.82, 2.24) is 20.0 Å². The largest absolute Gasteiger partial charge is 0.468 e. The van der Waals surface area contributed by atoms with Crippen LogP contribution in [-0.4, -0.2) is 35.3 Å². The van der Waals surface area contributed by atoms with Crippen LogP contribution in [0.2, 0.25) is 0 Å². The monoisotopic (exact) mass is 262 g/mol. The average molecular weight is 262 g/mol. The highest BCUT2D eigenvalue weighted by Gasteiger charge is 2.16. The van der Waals surface area contributed by atoms with E-state index in [9.17, 15) is 0 Å². The van der Waals surface area contributed by atoms with Gasteiger partial charge in [0.25, 0.3) is 0 Å². The molecular formula is C14H22N4O. The predicted octanol–water partition coefficient (Wildman–Crippen LogP) is 1.89. The minimum absolute atomic E-state index is 0.244. The fourth-order valence-electron chi connectivity index (χ4n) is 2.15. The first-order valence-corrected chi connectivity index (χ1v) is 6.63. The van der Waals surface area contributed by atoms with E-state index in [-0.39, 0.29) is 6.04 Å². The van der Waals surface area contributed by atoms with E-state index >= 15 is 0 Å². The molecule has 2 rings (SSSR count). The zero-order chi connectivity index (χ0) is 13.7. The van der Waals surface area contributed by atoms with Crippen molar-refractivity contribution in [2.24, 2.45) is 0 Å². The van der Waals surface area contributed by atoms with Crippen molar-refractivity contribution in [3.05, 3.63) is 42.1 Å². The van der Waals surface area contributed by atoms with Crippen LogP contribution in [-0.2, 0) is 13.1 Å². The minimum Gasteiger partial charge on any atom is -0.468 e. The fourth-order valence-corrected chi connectivity index (χ4v) is 2.15. The topological polar surface area (TPSA) is 46.2 Å². The Morgan fingerprint density at radius 3 is 2.89 bits per heavy atom. The van der Waals surface area contributed by atoms with Crippen LogP contribution in [0.3, 0.4) is 0 Å². The Balaban J connectivity index is 1.90. The Labute approximate surface area is 114 Å². The molecule has 0 saturated carbocycles. The summed E-state index contributed by atoms with van der Waals surface area (Å²) in [6.45, 7) is 4.66. The summed E-state index contributed by atoms with van der Waals surface area (Å²) in [7, 11) is 4.12. The van der Waals surface area contributed by atoms with Crippen molar-refractivity contribution in [2.45, 2.75) is 26.1 Å². The second kappa shape index (κ2) is 6.54. The molecule has 19 heavy (non-hydrogen) atoms. The highest BCUT2D eigenvalue weighted by atomic mass is 16.3. The van der Waals surface area contributed by atoms with Gasteiger partial charge in [-0.05, 0) is 39.2 Å². The van der Waals surface area contributed by atoms with E-state index in [0.717, 1.165) is 25.4 Å². The second-order valence-electron chi connectivity index (χ2n) is 4.76. The molecule has 1 unspecified atom stereocenters. The van der Waals surface area contributed by atoms with Crippen molar-refractivity contribution >= 4 is 0 Å². The van der Waals surface area contributed by atoms with E-state index < -0.39 is 0 Å². The van der Waals surface area contributed by atoms with Gasteiger partial charge in [-0.25, -0.2) is 0 Å². The molecule has 2 heterocycles. The van der Waals surface area contributed by atoms with Gasteiger partial charge in [0, 0.05) is 25.8 Å². The Hall–Kier alpha value is -1.59. The third-order valence-electron chi connectivity index (χ3n) is 3.24. The SMILES string of the molecule is CCn1nccc1CNCC(c1ccco1)N(C)C. The van der Waals surface area contributed by atoms with Gasteiger partial charge in [0.1, 0.15) is 5.76 Å². The first-order valence-electron chi connectivity index (χ1n) is 6.63. The van der Waals surface area contributed by atoms with Crippen LogP contribution in [0.1, 0.15) is 24.4 Å². The molecule has 1 atom stereocenters. The van der Waals surface area contributed by atoms with E-state index in [1.807, 2.05) is 29.1 Å². The van der Waals surface area contributed by atoms with Crippen molar-refractivity contribution in [1.29, 1.82) is 0 Å². The lowest BCUT2D eigenvalue weighted by Gasteiger charge is -2.22. The standard InChI is InChI=1S/C14H22N4O/c1-4-18-12(7-8-16-18)10-15-11-13(17(2)3)14-6-5-9-19-14/h5-9,13,15H,4,10-11H2,1-3H3. The quantitative estimate of drug-likeness (QED) is 0.827. The van der Waals surface area contributed by atoms with E-state index in [1.165, 1.54) is 5.69 Å². The van der Waals surface area contributed by atoms with Crippen LogP contribution >= 0.6 is 0 Å². The third kappa shape index (κ3) is 3.45. The van der Waals surface area contributed by atoms with Crippen LogP contribution in [0.15, 0.2) is 35.1 Å². The molecule has 0 bridgehead atoms. The number of hydrogen-bond donors (Lipinski definition) is 1. The predicted molar refractivity (Wildman–Crippen MR) is 74.7 cm³/mol. The number of aryl methyl sites for hydroxylation is 1. The summed E-state index contributed by atoms with van der Waals surface area (Å²) in [4.78, 5) is 2.16. The number of furan rings is 1. The highest BCUT2D eigenvalue weighted by Crippen LogP contribution is 2.17. The zero-order valence-corrected chi connectivity index (χ0v) is 11.8. The first-order chi connectivity index (χ1) is 9.22. The maximum Gasteiger partial charge on any atom is 0.122 e. The summed E-state index contributed by atoms with van der Waals surface area (Å²) in [5, 5.41) is 7.73. The van der Waals surface area contributed by atoms with Gasteiger partial charge in [-0.1, -0.05) is 0 Å². The van der Waals surface area contributed by atoms with Gasteiger partial charge in [0.05, 0.1) is 18.0 Å². The molecule has 0 saturated heterocycles. The van der Waals surface area contributed by atoms with Crippen LogP contribution in [0.25, 0.3) is 0 Å². The molecule has 2 aromatic rings. The highest BCUT2D eigenvalue weighted by molar-refractivity contribution is 5.05. The van der Waals surface area contributed by atoms with Gasteiger partial charge >= 0.3 is 0 Å². The maximum atomic E-state index is 5.49. The van der Waals surface area contributed by atoms with Crippen molar-refractivity contribution < 1.29 is 4.42 Å². The molecule has 5 heteroatoms. The summed E-state index contributed by atoms with van der Waals surface area (Å²) >= 11 is 0. The normalized spacial score (nSPS) is 13.1. The Bertz CT molecular complexity index is 475. The molecule has 0 aromatic carbocycles. The molecular weight excluding hydrogens is 240 g/mol. The average Bonchev–Trinajstić information content (AvgIpc) is 3.05. The number of rotatable bonds is 7. The Kier molecular flexibility index (Phi) is 4.76. The van der Waals surface area contributed by atoms with Gasteiger partial charge < -0.3 is 9.73 Å². The second-order valence-corrected chi connectivity index (χ2v) is 4.76. The molecule has 2 aromatic heterocycles. The van der Waals surface area contributed by atoms with Crippen molar-refractivity contribution in [2.75, 3.05) is 20.6 Å². The molecule has 0 aliphatic heterocycles. The van der Waals surface area contributed by atoms with E-state index in [4.69, 9.17) is 4.42 Å². The van der Waals surface area contributed by atoms with Crippen LogP contribution in [0, 0.1) is 0 Å². The van der Waals surface area contributed by atoms with Crippen molar-refractivity contribution in [3.63, 3.8) is 0 Å². The molecule has 0 radical (unpaired) electrons. The smallest absolute Gasteiger partial charge is 0.122 e. The molecule has 0 aliphatic carbocycles. The summed E-state index contributed by atoms with van der Waals surface area (Å²) in [5.41, 5.74) is 1.21. The molecule has 0 amide bonds. The molecule has 0 aliphatic rings. The number of likely N-dealkylation sites (N-methyl/N-ethyl adjacent to an activating group) is 1. The van der Waals surface area contributed by atoms with Crippen LogP contribution < -0.4 is 5.32 Å². The Morgan fingerprint density at radius 2 is 2.26 bits per heavy atom. The van der Waals surface area contributed by atoms with E-state index in [0.29, 0.717) is 0 Å². The summed E-state index contributed by atoms with van der Waals surface area (Å²) in [6.07, 6.45) is 3.56. The molecule has 0 spiro atoms. The minimum atomic E-state index is 0.244. The van der Waals surface area contributed by atoms with Gasteiger partial charge in [-0.15, -0.1) is 0 Å². The van der Waals surface area contributed by atoms with E-state index in [2.05, 4.69) is 36.3 Å². The Morgan fingerprint density at radius 1 is 1.42 bits per heavy atom. The maximum absolute atomic E-state index is 5.49. The van der Waals surface area contributed by atoms with Gasteiger partial charge in [0.2, 0.25) is 0 Å². The summed E-state index contributed by atoms with van der Waals surface area (Å²) < 4.78 is 7.49. The lowest BCUT2D eigenvalue weighted by atomic mass is 10.2. The van der Waals surface area contributed by atoms with Crippen molar-refractivity contribution in [3.8, 4) is 0 Å². The first kappa shape index (κ1) is 13.8. The van der Waals surface area contributed by atoms with Crippen LogP contribution in [0.5, 0.6) is 0 Å². The molecule has 104 valence electrons. The lowest BCUT2D eigenvalue weighted by Crippen LogP contribution is -2.31. The van der Waals surface area contributed by atoms with Crippen LogP contribution in [0.4, 0.5) is 0 Å². The number of nitrogens with one attached hydrogen (secondary N) is 1. The van der Waals surface area contributed by atoms with Gasteiger partial charge in [-0.3, -0.25) is 9.58 Å².